The molecular formula is C15H23N3O. The molecule has 1 amide bonds. The first-order valence-corrected chi connectivity index (χ1v) is 6.98. The van der Waals surface area contributed by atoms with E-state index in [0.29, 0.717) is 0 Å². The van der Waals surface area contributed by atoms with Crippen LogP contribution < -0.4 is 10.6 Å². The average Bonchev–Trinajstić information content (AvgIpc) is 2.46. The van der Waals surface area contributed by atoms with Crippen molar-refractivity contribution < 1.29 is 4.79 Å². The summed E-state index contributed by atoms with van der Waals surface area (Å²) >= 11 is 0. The molecule has 1 aromatic carbocycles. The normalized spacial score (nSPS) is 17.4. The molecule has 0 unspecified atom stereocenters. The van der Waals surface area contributed by atoms with Gasteiger partial charge in [-0.3, -0.25) is 4.79 Å². The quantitative estimate of drug-likeness (QED) is 0.902. The maximum absolute atomic E-state index is 11.4. The summed E-state index contributed by atoms with van der Waals surface area (Å²) in [5, 5.41) is 0. The van der Waals surface area contributed by atoms with Gasteiger partial charge in [-0.2, -0.15) is 0 Å². The van der Waals surface area contributed by atoms with E-state index in [1.54, 1.807) is 6.92 Å². The highest BCUT2D eigenvalue weighted by atomic mass is 16.2. The number of benzene rings is 1. The van der Waals surface area contributed by atoms with Gasteiger partial charge in [-0.15, -0.1) is 0 Å². The van der Waals surface area contributed by atoms with E-state index in [-0.39, 0.29) is 11.9 Å². The van der Waals surface area contributed by atoms with Crippen molar-refractivity contribution in [3.05, 3.63) is 29.8 Å². The van der Waals surface area contributed by atoms with Gasteiger partial charge in [0.1, 0.15) is 0 Å². The van der Waals surface area contributed by atoms with E-state index >= 15 is 0 Å². The Morgan fingerprint density at radius 1 is 1.26 bits per heavy atom. The summed E-state index contributed by atoms with van der Waals surface area (Å²) < 4.78 is 0. The number of hydrogen-bond donors (Lipinski definition) is 1. The molecule has 1 atom stereocenters. The predicted molar refractivity (Wildman–Crippen MR) is 78.1 cm³/mol. The van der Waals surface area contributed by atoms with E-state index in [1.807, 2.05) is 11.0 Å². The minimum absolute atomic E-state index is 0.0852. The largest absolute Gasteiger partial charge is 0.368 e. The molecule has 0 aliphatic carbocycles. The number of carbonyl (C=O) groups is 1. The molecule has 0 bridgehead atoms. The van der Waals surface area contributed by atoms with Crippen LogP contribution in [0.5, 0.6) is 0 Å². The lowest BCUT2D eigenvalue weighted by atomic mass is 10.0. The van der Waals surface area contributed by atoms with Crippen LogP contribution in [0.25, 0.3) is 0 Å². The van der Waals surface area contributed by atoms with E-state index in [4.69, 9.17) is 5.73 Å². The van der Waals surface area contributed by atoms with Crippen molar-refractivity contribution in [3.63, 3.8) is 0 Å². The fourth-order valence-electron chi connectivity index (χ4n) is 2.57. The SMILES string of the molecule is CC[C@@H](N)c1ccccc1N1CCN(C(C)=O)CC1. The summed E-state index contributed by atoms with van der Waals surface area (Å²) in [6.07, 6.45) is 0.935. The van der Waals surface area contributed by atoms with Crippen LogP contribution in [0.2, 0.25) is 0 Å². The first-order valence-electron chi connectivity index (χ1n) is 6.98. The zero-order valence-electron chi connectivity index (χ0n) is 11.8. The number of para-hydroxylation sites is 1. The third kappa shape index (κ3) is 3.07. The van der Waals surface area contributed by atoms with E-state index in [1.165, 1.54) is 11.3 Å². The molecule has 1 fully saturated rings. The zero-order valence-corrected chi connectivity index (χ0v) is 11.8. The summed E-state index contributed by atoms with van der Waals surface area (Å²) in [6, 6.07) is 8.43. The van der Waals surface area contributed by atoms with Gasteiger partial charge in [0.25, 0.3) is 0 Å². The van der Waals surface area contributed by atoms with Crippen LogP contribution in [-0.2, 0) is 4.79 Å². The molecule has 1 aliphatic heterocycles. The number of hydrogen-bond acceptors (Lipinski definition) is 3. The highest BCUT2D eigenvalue weighted by Crippen LogP contribution is 2.27. The minimum Gasteiger partial charge on any atom is -0.368 e. The molecule has 1 saturated heterocycles. The summed E-state index contributed by atoms with van der Waals surface area (Å²) in [5.41, 5.74) is 8.62. The fraction of sp³-hybridized carbons (Fsp3) is 0.533. The van der Waals surface area contributed by atoms with Crippen LogP contribution in [-0.4, -0.2) is 37.0 Å². The van der Waals surface area contributed by atoms with Gasteiger partial charge in [-0.25, -0.2) is 0 Å². The first-order chi connectivity index (χ1) is 9.13. The standard InChI is InChI=1S/C15H23N3O/c1-3-14(16)13-6-4-5-7-15(13)18-10-8-17(9-11-18)12(2)19/h4-7,14H,3,8-11,16H2,1-2H3/t14-/m1/s1. The third-order valence-corrected chi connectivity index (χ3v) is 3.84. The molecule has 2 rings (SSSR count). The van der Waals surface area contributed by atoms with Crippen molar-refractivity contribution in [2.24, 2.45) is 5.73 Å². The molecule has 19 heavy (non-hydrogen) atoms. The number of rotatable bonds is 3. The van der Waals surface area contributed by atoms with E-state index < -0.39 is 0 Å². The van der Waals surface area contributed by atoms with Crippen molar-refractivity contribution in [1.82, 2.24) is 4.90 Å². The Labute approximate surface area is 115 Å². The van der Waals surface area contributed by atoms with Crippen molar-refractivity contribution in [3.8, 4) is 0 Å². The second kappa shape index (κ2) is 6.06. The zero-order chi connectivity index (χ0) is 13.8. The van der Waals surface area contributed by atoms with Gasteiger partial charge in [0.15, 0.2) is 0 Å². The summed E-state index contributed by atoms with van der Waals surface area (Å²) in [5.74, 6) is 0.165. The van der Waals surface area contributed by atoms with Crippen LogP contribution in [0.1, 0.15) is 31.9 Å². The topological polar surface area (TPSA) is 49.6 Å². The van der Waals surface area contributed by atoms with E-state index in [0.717, 1.165) is 32.6 Å². The number of anilines is 1. The molecule has 0 spiro atoms. The number of amides is 1. The Morgan fingerprint density at radius 3 is 2.47 bits per heavy atom. The van der Waals surface area contributed by atoms with Crippen molar-refractivity contribution >= 4 is 11.6 Å². The van der Waals surface area contributed by atoms with Gasteiger partial charge in [-0.05, 0) is 18.1 Å². The molecule has 4 heteroatoms. The lowest BCUT2D eigenvalue weighted by Crippen LogP contribution is -2.48. The Balaban J connectivity index is 2.13. The third-order valence-electron chi connectivity index (χ3n) is 3.84. The molecule has 0 radical (unpaired) electrons. The van der Waals surface area contributed by atoms with Crippen LogP contribution >= 0.6 is 0 Å². The number of nitrogens with two attached hydrogens (primary N) is 1. The molecule has 1 aliphatic rings. The van der Waals surface area contributed by atoms with Crippen molar-refractivity contribution in [2.75, 3.05) is 31.1 Å². The molecule has 1 aromatic rings. The minimum atomic E-state index is 0.0852. The smallest absolute Gasteiger partial charge is 0.219 e. The van der Waals surface area contributed by atoms with Crippen LogP contribution in [0.15, 0.2) is 24.3 Å². The molecular weight excluding hydrogens is 238 g/mol. The van der Waals surface area contributed by atoms with E-state index in [2.05, 4.69) is 30.0 Å². The van der Waals surface area contributed by atoms with Gasteiger partial charge < -0.3 is 15.5 Å². The van der Waals surface area contributed by atoms with Gasteiger partial charge in [0.05, 0.1) is 0 Å². The highest BCUT2D eigenvalue weighted by molar-refractivity contribution is 5.73. The van der Waals surface area contributed by atoms with E-state index in [9.17, 15) is 4.79 Å². The Kier molecular flexibility index (Phi) is 4.43. The van der Waals surface area contributed by atoms with Gasteiger partial charge >= 0.3 is 0 Å². The molecule has 104 valence electrons. The lowest BCUT2D eigenvalue weighted by Gasteiger charge is -2.37. The van der Waals surface area contributed by atoms with Crippen molar-refractivity contribution in [1.29, 1.82) is 0 Å². The second-order valence-electron chi connectivity index (χ2n) is 5.07. The van der Waals surface area contributed by atoms with Crippen LogP contribution in [0.4, 0.5) is 5.69 Å². The fourth-order valence-corrected chi connectivity index (χ4v) is 2.57. The maximum atomic E-state index is 11.4. The van der Waals surface area contributed by atoms with Gasteiger partial charge in [0, 0.05) is 44.8 Å². The second-order valence-corrected chi connectivity index (χ2v) is 5.07. The highest BCUT2D eigenvalue weighted by Gasteiger charge is 2.21. The summed E-state index contributed by atoms with van der Waals surface area (Å²) in [6.45, 7) is 7.10. The predicted octanol–water partition coefficient (Wildman–Crippen LogP) is 1.76. The Morgan fingerprint density at radius 2 is 1.89 bits per heavy atom. The monoisotopic (exact) mass is 261 g/mol. The van der Waals surface area contributed by atoms with Crippen LogP contribution in [0.3, 0.4) is 0 Å². The first kappa shape index (κ1) is 13.9. The maximum Gasteiger partial charge on any atom is 0.219 e. The van der Waals surface area contributed by atoms with Crippen LogP contribution in [0, 0.1) is 0 Å². The number of piperazine rings is 1. The Bertz CT molecular complexity index is 439. The summed E-state index contributed by atoms with van der Waals surface area (Å²) in [4.78, 5) is 15.6. The Hall–Kier alpha value is -1.55. The summed E-state index contributed by atoms with van der Waals surface area (Å²) in [7, 11) is 0. The molecule has 0 aromatic heterocycles. The molecule has 2 N–H and O–H groups in total. The lowest BCUT2D eigenvalue weighted by molar-refractivity contribution is -0.129. The molecule has 0 saturated carbocycles. The molecule has 4 nitrogen and oxygen atoms in total. The van der Waals surface area contributed by atoms with Gasteiger partial charge in [0.2, 0.25) is 5.91 Å². The molecule has 1 heterocycles. The average molecular weight is 261 g/mol. The number of carbonyl (C=O) groups excluding carboxylic acids is 1. The number of nitrogens with zero attached hydrogens (tertiary/aromatic N) is 2. The van der Waals surface area contributed by atoms with Gasteiger partial charge in [-0.1, -0.05) is 25.1 Å². The van der Waals surface area contributed by atoms with Crippen molar-refractivity contribution in [2.45, 2.75) is 26.3 Å².